The van der Waals surface area contributed by atoms with E-state index in [0.717, 1.165) is 29.0 Å². The third kappa shape index (κ3) is 2.34. The lowest BCUT2D eigenvalue weighted by molar-refractivity contribution is 0.111. The summed E-state index contributed by atoms with van der Waals surface area (Å²) in [5, 5.41) is 1.92. The molecule has 0 saturated heterocycles. The van der Waals surface area contributed by atoms with Gasteiger partial charge in [-0.25, -0.2) is 4.98 Å². The lowest BCUT2D eigenvalue weighted by Gasteiger charge is -2.10. The quantitative estimate of drug-likeness (QED) is 0.672. The van der Waals surface area contributed by atoms with Crippen LogP contribution in [-0.4, -0.2) is 22.3 Å². The monoisotopic (exact) mass is 300 g/mol. The largest absolute Gasteiger partial charge is 0.493 e. The molecule has 0 aliphatic heterocycles. The molecule has 0 aliphatic carbocycles. The smallest absolute Gasteiger partial charge is 0.194 e. The summed E-state index contributed by atoms with van der Waals surface area (Å²) < 4.78 is 7.52. The summed E-state index contributed by atoms with van der Waals surface area (Å²) in [6.45, 7) is 4.63. The summed E-state index contributed by atoms with van der Waals surface area (Å²) in [6.07, 6.45) is 3.65. The second-order valence-electron chi connectivity index (χ2n) is 4.64. The van der Waals surface area contributed by atoms with E-state index in [1.807, 2.05) is 35.0 Å². The van der Waals surface area contributed by atoms with E-state index in [-0.39, 0.29) is 0 Å². The zero-order valence-corrected chi connectivity index (χ0v) is 12.8. The predicted octanol–water partition coefficient (Wildman–Crippen LogP) is 3.84. The fourth-order valence-electron chi connectivity index (χ4n) is 2.38. The number of thiazole rings is 1. The highest BCUT2D eigenvalue weighted by Gasteiger charge is 2.18. The number of aryl methyl sites for hydroxylation is 1. The molecular formula is C16H16N2O2S. The zero-order chi connectivity index (χ0) is 14.8. The first-order valence-corrected chi connectivity index (χ1v) is 7.83. The van der Waals surface area contributed by atoms with E-state index >= 15 is 0 Å². The third-order valence-electron chi connectivity index (χ3n) is 3.42. The van der Waals surface area contributed by atoms with Crippen molar-refractivity contribution in [2.75, 3.05) is 6.61 Å². The molecule has 0 radical (unpaired) electrons. The Morgan fingerprint density at radius 1 is 1.38 bits per heavy atom. The van der Waals surface area contributed by atoms with Crippen molar-refractivity contribution in [3.8, 4) is 17.0 Å². The highest BCUT2D eigenvalue weighted by atomic mass is 32.1. The van der Waals surface area contributed by atoms with Crippen LogP contribution in [0.4, 0.5) is 0 Å². The van der Waals surface area contributed by atoms with Crippen molar-refractivity contribution >= 4 is 22.6 Å². The molecular weight excluding hydrogens is 284 g/mol. The van der Waals surface area contributed by atoms with Gasteiger partial charge in [0.1, 0.15) is 17.1 Å². The topological polar surface area (TPSA) is 43.6 Å². The van der Waals surface area contributed by atoms with Gasteiger partial charge in [0.2, 0.25) is 0 Å². The van der Waals surface area contributed by atoms with Gasteiger partial charge < -0.3 is 4.74 Å². The van der Waals surface area contributed by atoms with Gasteiger partial charge in [-0.3, -0.25) is 9.20 Å². The molecule has 0 fully saturated rings. The molecule has 0 amide bonds. The standard InChI is InChI=1S/C16H16N2O2S/c1-3-11-5-6-14(20-4-2)12(9-11)15-13(10-19)18-7-8-21-16(18)17-15/h5-10H,3-4H2,1-2H3. The molecule has 21 heavy (non-hydrogen) atoms. The summed E-state index contributed by atoms with van der Waals surface area (Å²) in [5.41, 5.74) is 3.34. The Labute approximate surface area is 127 Å². The van der Waals surface area contributed by atoms with Crippen molar-refractivity contribution in [3.05, 3.63) is 41.0 Å². The number of imidazole rings is 1. The van der Waals surface area contributed by atoms with E-state index in [1.54, 1.807) is 0 Å². The van der Waals surface area contributed by atoms with Crippen LogP contribution in [0.3, 0.4) is 0 Å². The molecule has 2 aromatic heterocycles. The second-order valence-corrected chi connectivity index (χ2v) is 5.51. The Morgan fingerprint density at radius 2 is 2.24 bits per heavy atom. The maximum atomic E-state index is 11.5. The fourth-order valence-corrected chi connectivity index (χ4v) is 3.10. The molecule has 0 spiro atoms. The number of benzene rings is 1. The van der Waals surface area contributed by atoms with Crippen molar-refractivity contribution in [1.29, 1.82) is 0 Å². The number of rotatable bonds is 5. The average Bonchev–Trinajstić information content (AvgIpc) is 3.08. The number of carbonyl (C=O) groups is 1. The van der Waals surface area contributed by atoms with Gasteiger partial charge in [0.05, 0.1) is 6.61 Å². The van der Waals surface area contributed by atoms with Crippen molar-refractivity contribution in [1.82, 2.24) is 9.38 Å². The van der Waals surface area contributed by atoms with Crippen LogP contribution in [0.15, 0.2) is 29.8 Å². The minimum Gasteiger partial charge on any atom is -0.493 e. The molecule has 3 rings (SSSR count). The van der Waals surface area contributed by atoms with E-state index < -0.39 is 0 Å². The molecule has 1 aromatic carbocycles. The normalized spacial score (nSPS) is 11.0. The Kier molecular flexibility index (Phi) is 3.75. The van der Waals surface area contributed by atoms with Gasteiger partial charge in [-0.05, 0) is 31.0 Å². The first-order valence-electron chi connectivity index (χ1n) is 6.95. The Balaban J connectivity index is 2.24. The van der Waals surface area contributed by atoms with Crippen LogP contribution >= 0.6 is 11.3 Å². The predicted molar refractivity (Wildman–Crippen MR) is 84.4 cm³/mol. The summed E-state index contributed by atoms with van der Waals surface area (Å²) >= 11 is 1.51. The molecule has 0 aliphatic rings. The minimum absolute atomic E-state index is 0.570. The van der Waals surface area contributed by atoms with Crippen LogP contribution in [0.5, 0.6) is 5.75 Å². The molecule has 5 heteroatoms. The van der Waals surface area contributed by atoms with Crippen LogP contribution in [0.1, 0.15) is 29.9 Å². The molecule has 0 saturated carbocycles. The molecule has 0 N–H and O–H groups in total. The molecule has 108 valence electrons. The Hall–Kier alpha value is -2.14. The number of ether oxygens (including phenoxy) is 1. The number of hydrogen-bond donors (Lipinski definition) is 0. The van der Waals surface area contributed by atoms with Crippen LogP contribution in [-0.2, 0) is 6.42 Å². The molecule has 3 aromatic rings. The van der Waals surface area contributed by atoms with Gasteiger partial charge in [0, 0.05) is 17.1 Å². The SMILES string of the molecule is CCOc1ccc(CC)cc1-c1nc2sccn2c1C=O. The van der Waals surface area contributed by atoms with Crippen LogP contribution in [0.25, 0.3) is 16.2 Å². The fraction of sp³-hybridized carbons (Fsp3) is 0.250. The number of aldehydes is 1. The molecule has 4 nitrogen and oxygen atoms in total. The summed E-state index contributed by atoms with van der Waals surface area (Å²) in [5.74, 6) is 0.767. The zero-order valence-electron chi connectivity index (χ0n) is 12.0. The maximum absolute atomic E-state index is 11.5. The van der Waals surface area contributed by atoms with Crippen molar-refractivity contribution in [2.45, 2.75) is 20.3 Å². The van der Waals surface area contributed by atoms with Gasteiger partial charge >= 0.3 is 0 Å². The van der Waals surface area contributed by atoms with Crippen LogP contribution < -0.4 is 4.74 Å². The van der Waals surface area contributed by atoms with Gasteiger partial charge in [-0.2, -0.15) is 0 Å². The summed E-state index contributed by atoms with van der Waals surface area (Å²) in [7, 11) is 0. The number of carbonyl (C=O) groups excluding carboxylic acids is 1. The first kappa shape index (κ1) is 13.8. The number of fused-ring (bicyclic) bond motifs is 1. The van der Waals surface area contributed by atoms with Gasteiger partial charge in [0.25, 0.3) is 0 Å². The van der Waals surface area contributed by atoms with E-state index in [4.69, 9.17) is 4.74 Å². The van der Waals surface area contributed by atoms with Crippen molar-refractivity contribution in [3.63, 3.8) is 0 Å². The van der Waals surface area contributed by atoms with E-state index in [0.29, 0.717) is 18.0 Å². The van der Waals surface area contributed by atoms with E-state index in [9.17, 15) is 4.79 Å². The van der Waals surface area contributed by atoms with Crippen LogP contribution in [0, 0.1) is 0 Å². The lowest BCUT2D eigenvalue weighted by atomic mass is 10.0. The molecule has 0 atom stereocenters. The number of aromatic nitrogens is 2. The van der Waals surface area contributed by atoms with Crippen molar-refractivity contribution < 1.29 is 9.53 Å². The van der Waals surface area contributed by atoms with Gasteiger partial charge in [-0.1, -0.05) is 13.0 Å². The molecule has 0 unspecified atom stereocenters. The summed E-state index contributed by atoms with van der Waals surface area (Å²) in [6, 6.07) is 6.07. The van der Waals surface area contributed by atoms with E-state index in [2.05, 4.69) is 18.0 Å². The molecule has 0 bridgehead atoms. The minimum atomic E-state index is 0.570. The van der Waals surface area contributed by atoms with Gasteiger partial charge in [0.15, 0.2) is 11.2 Å². The highest BCUT2D eigenvalue weighted by Crippen LogP contribution is 2.34. The maximum Gasteiger partial charge on any atom is 0.194 e. The van der Waals surface area contributed by atoms with Gasteiger partial charge in [-0.15, -0.1) is 11.3 Å². The number of nitrogens with zero attached hydrogens (tertiary/aromatic N) is 2. The first-order chi connectivity index (χ1) is 10.3. The lowest BCUT2D eigenvalue weighted by Crippen LogP contribution is -1.97. The molecule has 2 heterocycles. The number of hydrogen-bond acceptors (Lipinski definition) is 4. The Bertz CT molecular complexity index is 789. The second kappa shape index (κ2) is 5.69. The average molecular weight is 300 g/mol. The van der Waals surface area contributed by atoms with E-state index in [1.165, 1.54) is 16.9 Å². The third-order valence-corrected chi connectivity index (χ3v) is 4.17. The Morgan fingerprint density at radius 3 is 2.95 bits per heavy atom. The highest BCUT2D eigenvalue weighted by molar-refractivity contribution is 7.15. The van der Waals surface area contributed by atoms with Crippen LogP contribution in [0.2, 0.25) is 0 Å². The van der Waals surface area contributed by atoms with Crippen molar-refractivity contribution in [2.24, 2.45) is 0 Å². The summed E-state index contributed by atoms with van der Waals surface area (Å²) in [4.78, 5) is 16.9.